The Balaban J connectivity index is 2.02. The largest absolute Gasteiger partial charge is 0.393 e. The highest BCUT2D eigenvalue weighted by atomic mass is 32.1. The molecule has 0 amide bonds. The van der Waals surface area contributed by atoms with E-state index in [0.717, 1.165) is 5.76 Å². The minimum absolute atomic E-state index is 0.434. The Bertz CT molecular complexity index is 466. The Morgan fingerprint density at radius 2 is 2.44 bits per heavy atom. The van der Waals surface area contributed by atoms with E-state index in [0.29, 0.717) is 23.2 Å². The molecule has 2 heterocycles. The van der Waals surface area contributed by atoms with Crippen LogP contribution in [0.15, 0.2) is 10.6 Å². The Morgan fingerprint density at radius 3 is 3.06 bits per heavy atom. The van der Waals surface area contributed by atoms with Gasteiger partial charge < -0.3 is 14.9 Å². The molecule has 2 N–H and O–H groups in total. The summed E-state index contributed by atoms with van der Waals surface area (Å²) in [6.45, 7) is 3.52. The lowest BCUT2D eigenvalue weighted by atomic mass is 10.3. The van der Waals surface area contributed by atoms with Crippen LogP contribution in [0.2, 0.25) is 0 Å². The molecule has 0 aliphatic carbocycles. The van der Waals surface area contributed by atoms with Gasteiger partial charge >= 0.3 is 0 Å². The van der Waals surface area contributed by atoms with Crippen molar-refractivity contribution in [2.24, 2.45) is 0 Å². The van der Waals surface area contributed by atoms with Crippen LogP contribution in [0.5, 0.6) is 0 Å². The third-order valence-corrected chi connectivity index (χ3v) is 2.48. The van der Waals surface area contributed by atoms with Gasteiger partial charge in [-0.3, -0.25) is 0 Å². The Kier molecular flexibility index (Phi) is 3.16. The molecule has 0 fully saturated rings. The van der Waals surface area contributed by atoms with Crippen LogP contribution >= 0.6 is 11.5 Å². The van der Waals surface area contributed by atoms with E-state index in [1.807, 2.05) is 6.92 Å². The first-order valence-corrected chi connectivity index (χ1v) is 5.62. The van der Waals surface area contributed by atoms with E-state index in [2.05, 4.69) is 19.8 Å². The summed E-state index contributed by atoms with van der Waals surface area (Å²) in [5.41, 5.74) is 0. The molecule has 0 aromatic carbocycles. The molecule has 0 aliphatic heterocycles. The summed E-state index contributed by atoms with van der Waals surface area (Å²) in [5.74, 6) is 1.97. The molecule has 0 spiro atoms. The van der Waals surface area contributed by atoms with E-state index in [4.69, 9.17) is 4.52 Å². The summed E-state index contributed by atoms with van der Waals surface area (Å²) in [6, 6.07) is 1.77. The normalized spacial score (nSPS) is 12.7. The second kappa shape index (κ2) is 4.58. The molecule has 0 radical (unpaired) electrons. The van der Waals surface area contributed by atoms with Gasteiger partial charge in [-0.05, 0) is 13.8 Å². The van der Waals surface area contributed by atoms with Crippen molar-refractivity contribution < 1.29 is 9.63 Å². The van der Waals surface area contributed by atoms with Crippen molar-refractivity contribution in [3.63, 3.8) is 0 Å². The van der Waals surface area contributed by atoms with Gasteiger partial charge in [-0.15, -0.1) is 0 Å². The number of hydrogen-bond acceptors (Lipinski definition) is 7. The third-order valence-electron chi connectivity index (χ3n) is 1.81. The lowest BCUT2D eigenvalue weighted by Crippen LogP contribution is -2.05. The highest BCUT2D eigenvalue weighted by molar-refractivity contribution is 7.09. The SMILES string of the molecule is Cc1cc(Nc2nc(CC(C)O)ns2)no1. The van der Waals surface area contributed by atoms with Gasteiger partial charge in [0, 0.05) is 24.0 Å². The van der Waals surface area contributed by atoms with Gasteiger partial charge in [-0.2, -0.15) is 4.37 Å². The van der Waals surface area contributed by atoms with Gasteiger partial charge in [0.1, 0.15) is 11.6 Å². The zero-order valence-electron chi connectivity index (χ0n) is 8.97. The molecule has 1 atom stereocenters. The Hall–Kier alpha value is -1.47. The lowest BCUT2D eigenvalue weighted by molar-refractivity contribution is 0.193. The number of aromatic nitrogens is 3. The number of hydrogen-bond donors (Lipinski definition) is 2. The monoisotopic (exact) mass is 240 g/mol. The molecular formula is C9H12N4O2S. The molecule has 0 bridgehead atoms. The third kappa shape index (κ3) is 2.77. The van der Waals surface area contributed by atoms with Crippen molar-refractivity contribution in [2.75, 3.05) is 5.32 Å². The molecule has 2 aromatic heterocycles. The molecule has 2 aromatic rings. The summed E-state index contributed by atoms with van der Waals surface area (Å²) in [7, 11) is 0. The van der Waals surface area contributed by atoms with Crippen molar-refractivity contribution in [1.82, 2.24) is 14.5 Å². The fourth-order valence-corrected chi connectivity index (χ4v) is 1.79. The number of rotatable bonds is 4. The fourth-order valence-electron chi connectivity index (χ4n) is 1.19. The lowest BCUT2D eigenvalue weighted by Gasteiger charge is -1.97. The van der Waals surface area contributed by atoms with E-state index in [-0.39, 0.29) is 0 Å². The first kappa shape index (κ1) is 11.0. The van der Waals surface area contributed by atoms with Crippen molar-refractivity contribution in [1.29, 1.82) is 0 Å². The minimum Gasteiger partial charge on any atom is -0.393 e. The molecule has 0 aliphatic rings. The average molecular weight is 240 g/mol. The summed E-state index contributed by atoms with van der Waals surface area (Å²) < 4.78 is 9.02. The molecule has 1 unspecified atom stereocenters. The molecule has 16 heavy (non-hydrogen) atoms. The van der Waals surface area contributed by atoms with Crippen LogP contribution < -0.4 is 5.32 Å². The van der Waals surface area contributed by atoms with Crippen molar-refractivity contribution in [3.8, 4) is 0 Å². The number of aryl methyl sites for hydroxylation is 1. The maximum Gasteiger partial charge on any atom is 0.208 e. The number of aliphatic hydroxyl groups excluding tert-OH is 1. The minimum atomic E-state index is -0.434. The maximum atomic E-state index is 9.19. The fraction of sp³-hybridized carbons (Fsp3) is 0.444. The smallest absolute Gasteiger partial charge is 0.208 e. The van der Waals surface area contributed by atoms with Gasteiger partial charge in [-0.25, -0.2) is 4.98 Å². The second-order valence-electron chi connectivity index (χ2n) is 3.52. The van der Waals surface area contributed by atoms with Crippen LogP contribution in [0.1, 0.15) is 18.5 Å². The van der Waals surface area contributed by atoms with Crippen molar-refractivity contribution in [3.05, 3.63) is 17.7 Å². The van der Waals surface area contributed by atoms with Gasteiger partial charge in [0.15, 0.2) is 5.82 Å². The van der Waals surface area contributed by atoms with E-state index in [1.54, 1.807) is 13.0 Å². The van der Waals surface area contributed by atoms with Gasteiger partial charge in [0.05, 0.1) is 6.10 Å². The number of nitrogens with zero attached hydrogens (tertiary/aromatic N) is 3. The van der Waals surface area contributed by atoms with Crippen LogP contribution in [0, 0.1) is 6.92 Å². The first-order valence-electron chi connectivity index (χ1n) is 4.84. The molecular weight excluding hydrogens is 228 g/mol. The molecule has 0 saturated heterocycles. The highest BCUT2D eigenvalue weighted by Crippen LogP contribution is 2.18. The summed E-state index contributed by atoms with van der Waals surface area (Å²) in [6.07, 6.45) is 0.0208. The molecule has 7 heteroatoms. The van der Waals surface area contributed by atoms with Gasteiger partial charge in [0.2, 0.25) is 5.13 Å². The zero-order valence-corrected chi connectivity index (χ0v) is 9.78. The van der Waals surface area contributed by atoms with Crippen molar-refractivity contribution >= 4 is 22.5 Å². The number of aliphatic hydroxyl groups is 1. The predicted octanol–water partition coefficient (Wildman–Crippen LogP) is 1.50. The molecule has 0 saturated carbocycles. The van der Waals surface area contributed by atoms with Crippen molar-refractivity contribution in [2.45, 2.75) is 26.4 Å². The zero-order chi connectivity index (χ0) is 11.5. The average Bonchev–Trinajstić information content (AvgIpc) is 2.76. The Labute approximate surface area is 96.5 Å². The van der Waals surface area contributed by atoms with Crippen LogP contribution in [-0.2, 0) is 6.42 Å². The van der Waals surface area contributed by atoms with Crippen LogP contribution in [0.25, 0.3) is 0 Å². The van der Waals surface area contributed by atoms with Crippen LogP contribution in [0.4, 0.5) is 10.9 Å². The van der Waals surface area contributed by atoms with Gasteiger partial charge in [-0.1, -0.05) is 5.16 Å². The molecule has 6 nitrogen and oxygen atoms in total. The molecule has 86 valence electrons. The van der Waals surface area contributed by atoms with E-state index < -0.39 is 6.10 Å². The highest BCUT2D eigenvalue weighted by Gasteiger charge is 2.08. The summed E-state index contributed by atoms with van der Waals surface area (Å²) in [5, 5.41) is 16.6. The van der Waals surface area contributed by atoms with Crippen LogP contribution in [0.3, 0.4) is 0 Å². The first-order chi connectivity index (χ1) is 7.63. The summed E-state index contributed by atoms with van der Waals surface area (Å²) >= 11 is 1.23. The maximum absolute atomic E-state index is 9.19. The predicted molar refractivity (Wildman–Crippen MR) is 59.8 cm³/mol. The number of anilines is 2. The van der Waals surface area contributed by atoms with Crippen LogP contribution in [-0.4, -0.2) is 25.7 Å². The van der Waals surface area contributed by atoms with E-state index in [9.17, 15) is 5.11 Å². The van der Waals surface area contributed by atoms with Gasteiger partial charge in [0.25, 0.3) is 0 Å². The molecule has 2 rings (SSSR count). The topological polar surface area (TPSA) is 84.1 Å². The quantitative estimate of drug-likeness (QED) is 0.842. The number of nitrogens with one attached hydrogen (secondary N) is 1. The second-order valence-corrected chi connectivity index (χ2v) is 4.27. The Morgan fingerprint density at radius 1 is 1.62 bits per heavy atom. The van der Waals surface area contributed by atoms with E-state index in [1.165, 1.54) is 11.5 Å². The van der Waals surface area contributed by atoms with E-state index >= 15 is 0 Å². The summed E-state index contributed by atoms with van der Waals surface area (Å²) in [4.78, 5) is 4.21. The standard InChI is InChI=1S/C9H12N4O2S/c1-5(14)3-8-11-9(16-13-8)10-7-4-6(2)15-12-7/h4-5,14H,3H2,1-2H3,(H,10,11,12,13).